The van der Waals surface area contributed by atoms with Crippen LogP contribution < -0.4 is 14.4 Å². The number of methoxy groups -OCH3 is 1. The maximum atomic E-state index is 13.7. The minimum atomic E-state index is -4.31. The first-order valence-corrected chi connectivity index (χ1v) is 13.6. The summed E-state index contributed by atoms with van der Waals surface area (Å²) in [5, 5.41) is 2.75. The molecule has 208 valence electrons. The van der Waals surface area contributed by atoms with Crippen molar-refractivity contribution in [2.45, 2.75) is 44.3 Å². The molecule has 0 saturated carbocycles. The van der Waals surface area contributed by atoms with Gasteiger partial charge in [0.1, 0.15) is 30.0 Å². The summed E-state index contributed by atoms with van der Waals surface area (Å²) in [5.41, 5.74) is 0.599. The third-order valence-corrected chi connectivity index (χ3v) is 7.69. The quantitative estimate of drug-likeness (QED) is 0.382. The summed E-state index contributed by atoms with van der Waals surface area (Å²) in [5.74, 6) is -1.73. The van der Waals surface area contributed by atoms with Gasteiger partial charge >= 0.3 is 0 Å². The van der Waals surface area contributed by atoms with E-state index in [-0.39, 0.29) is 23.2 Å². The van der Waals surface area contributed by atoms with Gasteiger partial charge in [-0.3, -0.25) is 13.9 Å². The molecule has 0 aliphatic heterocycles. The predicted octanol–water partition coefficient (Wildman–Crippen LogP) is 4.11. The molecule has 0 spiro atoms. The lowest BCUT2D eigenvalue weighted by atomic mass is 10.1. The normalized spacial score (nSPS) is 12.1. The van der Waals surface area contributed by atoms with E-state index in [1.807, 2.05) is 0 Å². The Hall–Kier alpha value is -3.99. The summed E-state index contributed by atoms with van der Waals surface area (Å²) >= 11 is 0. The van der Waals surface area contributed by atoms with Crippen LogP contribution in [0.15, 0.2) is 77.7 Å². The number of ether oxygens (including phenoxy) is 1. The van der Waals surface area contributed by atoms with Gasteiger partial charge in [-0.15, -0.1) is 0 Å². The van der Waals surface area contributed by atoms with E-state index in [0.717, 1.165) is 16.4 Å². The van der Waals surface area contributed by atoms with Gasteiger partial charge in [0, 0.05) is 12.6 Å². The van der Waals surface area contributed by atoms with Crippen molar-refractivity contribution in [2.24, 2.45) is 0 Å². The molecule has 8 nitrogen and oxygen atoms in total. The molecule has 0 aromatic heterocycles. The van der Waals surface area contributed by atoms with Crippen LogP contribution in [-0.4, -0.2) is 50.9 Å². The number of amides is 2. The zero-order chi connectivity index (χ0) is 28.7. The number of carbonyl (C=O) groups is 2. The first-order chi connectivity index (χ1) is 18.4. The molecule has 3 aromatic carbocycles. The number of anilines is 1. The van der Waals surface area contributed by atoms with Crippen LogP contribution in [0, 0.1) is 11.6 Å². The van der Waals surface area contributed by atoms with Gasteiger partial charge in [0.15, 0.2) is 0 Å². The van der Waals surface area contributed by atoms with Crippen molar-refractivity contribution in [3.05, 3.63) is 90.0 Å². The third-order valence-electron chi connectivity index (χ3n) is 5.91. The molecule has 0 heterocycles. The van der Waals surface area contributed by atoms with Gasteiger partial charge < -0.3 is 15.0 Å². The van der Waals surface area contributed by atoms with Gasteiger partial charge in [-0.2, -0.15) is 0 Å². The van der Waals surface area contributed by atoms with Crippen LogP contribution in [-0.2, 0) is 26.2 Å². The lowest BCUT2D eigenvalue weighted by Crippen LogP contribution is -2.52. The SMILES string of the molecule is COc1ccc(S(=O)(=O)N(CC(=O)N(Cc2ccc(F)cc2)C(C)C(=O)NC(C)C)c2ccc(F)cc2)cc1. The van der Waals surface area contributed by atoms with E-state index in [1.54, 1.807) is 13.8 Å². The van der Waals surface area contributed by atoms with Gasteiger partial charge in [0.05, 0.1) is 17.7 Å². The summed E-state index contributed by atoms with van der Waals surface area (Å²) in [4.78, 5) is 27.7. The molecule has 11 heteroatoms. The topological polar surface area (TPSA) is 96.0 Å². The number of sulfonamides is 1. The number of hydrogen-bond donors (Lipinski definition) is 1. The molecule has 3 rings (SSSR count). The predicted molar refractivity (Wildman–Crippen MR) is 144 cm³/mol. The van der Waals surface area contributed by atoms with Gasteiger partial charge in [0.25, 0.3) is 10.0 Å². The van der Waals surface area contributed by atoms with Crippen LogP contribution >= 0.6 is 0 Å². The van der Waals surface area contributed by atoms with Crippen molar-refractivity contribution in [1.29, 1.82) is 0 Å². The molecule has 2 amide bonds. The van der Waals surface area contributed by atoms with Gasteiger partial charge in [-0.1, -0.05) is 12.1 Å². The van der Waals surface area contributed by atoms with Crippen molar-refractivity contribution in [3.8, 4) is 5.75 Å². The number of hydrogen-bond acceptors (Lipinski definition) is 5. The van der Waals surface area contributed by atoms with Crippen LogP contribution in [0.25, 0.3) is 0 Å². The zero-order valence-corrected chi connectivity index (χ0v) is 22.9. The third kappa shape index (κ3) is 7.53. The van der Waals surface area contributed by atoms with Crippen molar-refractivity contribution in [1.82, 2.24) is 10.2 Å². The Balaban J connectivity index is 2.02. The summed E-state index contributed by atoms with van der Waals surface area (Å²) in [6.45, 7) is 4.31. The molecular formula is C28H31F2N3O5S. The number of carbonyl (C=O) groups excluding carboxylic acids is 2. The Bertz CT molecular complexity index is 1380. The van der Waals surface area contributed by atoms with E-state index in [9.17, 15) is 26.8 Å². The molecule has 0 saturated heterocycles. The summed E-state index contributed by atoms with van der Waals surface area (Å²) in [6, 6.07) is 14.5. The van der Waals surface area contributed by atoms with Crippen LogP contribution in [0.1, 0.15) is 26.3 Å². The number of rotatable bonds is 11. The molecule has 0 bridgehead atoms. The largest absolute Gasteiger partial charge is 0.497 e. The minimum absolute atomic E-state index is 0.0570. The van der Waals surface area contributed by atoms with Crippen molar-refractivity contribution in [3.63, 3.8) is 0 Å². The van der Waals surface area contributed by atoms with Crippen LogP contribution in [0.3, 0.4) is 0 Å². The van der Waals surface area contributed by atoms with Crippen molar-refractivity contribution >= 4 is 27.5 Å². The van der Waals surface area contributed by atoms with Crippen LogP contribution in [0.5, 0.6) is 5.75 Å². The summed E-state index contributed by atoms with van der Waals surface area (Å²) in [7, 11) is -2.86. The van der Waals surface area contributed by atoms with E-state index < -0.39 is 46.1 Å². The molecule has 0 radical (unpaired) electrons. The molecule has 0 aliphatic carbocycles. The highest BCUT2D eigenvalue weighted by Crippen LogP contribution is 2.26. The smallest absolute Gasteiger partial charge is 0.264 e. The molecule has 1 unspecified atom stereocenters. The Morgan fingerprint density at radius 3 is 1.92 bits per heavy atom. The number of nitrogens with one attached hydrogen (secondary N) is 1. The zero-order valence-electron chi connectivity index (χ0n) is 22.1. The fraction of sp³-hybridized carbons (Fsp3) is 0.286. The van der Waals surface area contributed by atoms with Crippen molar-refractivity contribution < 1.29 is 31.5 Å². The molecule has 3 aromatic rings. The molecular weight excluding hydrogens is 528 g/mol. The fourth-order valence-electron chi connectivity index (χ4n) is 3.79. The van der Waals surface area contributed by atoms with Gasteiger partial charge in [-0.05, 0) is 87.0 Å². The van der Waals surface area contributed by atoms with E-state index in [4.69, 9.17) is 4.74 Å². The van der Waals surface area contributed by atoms with Gasteiger partial charge in [-0.25, -0.2) is 17.2 Å². The Kier molecular flexibility index (Phi) is 9.63. The van der Waals surface area contributed by atoms with Crippen LogP contribution in [0.2, 0.25) is 0 Å². The lowest BCUT2D eigenvalue weighted by molar-refractivity contribution is -0.139. The molecule has 1 atom stereocenters. The maximum Gasteiger partial charge on any atom is 0.264 e. The first-order valence-electron chi connectivity index (χ1n) is 12.2. The number of benzene rings is 3. The highest BCUT2D eigenvalue weighted by atomic mass is 32.2. The molecule has 39 heavy (non-hydrogen) atoms. The Morgan fingerprint density at radius 1 is 0.872 bits per heavy atom. The average Bonchev–Trinajstić information content (AvgIpc) is 2.91. The molecule has 1 N–H and O–H groups in total. The molecule has 0 fully saturated rings. The molecule has 0 aliphatic rings. The van der Waals surface area contributed by atoms with E-state index in [2.05, 4.69) is 5.32 Å². The first kappa shape index (κ1) is 29.6. The van der Waals surface area contributed by atoms with Crippen molar-refractivity contribution in [2.75, 3.05) is 18.0 Å². The Labute approximate surface area is 227 Å². The van der Waals surface area contributed by atoms with E-state index in [1.165, 1.54) is 79.6 Å². The maximum absolute atomic E-state index is 13.7. The number of nitrogens with zero attached hydrogens (tertiary/aromatic N) is 2. The Morgan fingerprint density at radius 2 is 1.41 bits per heavy atom. The summed E-state index contributed by atoms with van der Waals surface area (Å²) < 4.78 is 60.6. The minimum Gasteiger partial charge on any atom is -0.497 e. The van der Waals surface area contributed by atoms with Gasteiger partial charge in [0.2, 0.25) is 11.8 Å². The van der Waals surface area contributed by atoms with E-state index >= 15 is 0 Å². The summed E-state index contributed by atoms with van der Waals surface area (Å²) in [6.07, 6.45) is 0. The second-order valence-corrected chi connectivity index (χ2v) is 11.0. The van der Waals surface area contributed by atoms with E-state index in [0.29, 0.717) is 11.3 Å². The highest BCUT2D eigenvalue weighted by Gasteiger charge is 2.32. The second kappa shape index (κ2) is 12.7. The number of halogens is 2. The highest BCUT2D eigenvalue weighted by molar-refractivity contribution is 7.92. The van der Waals surface area contributed by atoms with Crippen LogP contribution in [0.4, 0.5) is 14.5 Å². The second-order valence-electron chi connectivity index (χ2n) is 9.15. The monoisotopic (exact) mass is 559 g/mol. The fourth-order valence-corrected chi connectivity index (χ4v) is 5.20. The standard InChI is InChI=1S/C28H31F2N3O5S/c1-19(2)31-28(35)20(3)32(17-21-5-7-22(29)8-6-21)27(34)18-33(24-11-9-23(30)10-12-24)39(36,37)26-15-13-25(38-4)14-16-26/h5-16,19-20H,17-18H2,1-4H3,(H,31,35). The average molecular weight is 560 g/mol. The lowest BCUT2D eigenvalue weighted by Gasteiger charge is -2.32.